The fourth-order valence-corrected chi connectivity index (χ4v) is 3.36. The molecule has 1 amide bonds. The number of carbonyl (C=O) groups is 1. The number of anilines is 1. The van der Waals surface area contributed by atoms with E-state index in [-0.39, 0.29) is 11.7 Å². The molecule has 25 heavy (non-hydrogen) atoms. The molecule has 6 heteroatoms. The largest absolute Gasteiger partial charge is 0.507 e. The van der Waals surface area contributed by atoms with Crippen LogP contribution in [0.2, 0.25) is 0 Å². The Morgan fingerprint density at radius 1 is 1.16 bits per heavy atom. The van der Waals surface area contributed by atoms with E-state index in [0.717, 1.165) is 29.0 Å². The number of phenolic OH excluding ortho intramolecular Hbond substituents is 1. The van der Waals surface area contributed by atoms with E-state index in [1.54, 1.807) is 17.0 Å². The number of ether oxygens (including phenoxy) is 1. The number of hydrogen-bond acceptors (Lipinski definition) is 4. The molecule has 0 bridgehead atoms. The summed E-state index contributed by atoms with van der Waals surface area (Å²) < 4.78 is 6.48. The van der Waals surface area contributed by atoms with E-state index in [0.29, 0.717) is 25.3 Å². The third-order valence-corrected chi connectivity index (χ3v) is 4.75. The zero-order chi connectivity index (χ0) is 17.8. The average molecular weight is 405 g/mol. The third kappa shape index (κ3) is 3.90. The summed E-state index contributed by atoms with van der Waals surface area (Å²) in [7, 11) is 0. The van der Waals surface area contributed by atoms with Crippen LogP contribution in [-0.4, -0.2) is 48.7 Å². The molecule has 0 unspecified atom stereocenters. The van der Waals surface area contributed by atoms with Crippen molar-refractivity contribution >= 4 is 27.5 Å². The third-order valence-electron chi connectivity index (χ3n) is 4.26. The van der Waals surface area contributed by atoms with Crippen LogP contribution in [0.4, 0.5) is 5.69 Å². The molecule has 0 saturated carbocycles. The minimum atomic E-state index is -0.142. The first-order valence-electron chi connectivity index (χ1n) is 8.34. The molecule has 0 radical (unpaired) electrons. The Labute approximate surface area is 155 Å². The number of benzene rings is 2. The lowest BCUT2D eigenvalue weighted by atomic mass is 10.1. The van der Waals surface area contributed by atoms with E-state index >= 15 is 0 Å². The van der Waals surface area contributed by atoms with Crippen molar-refractivity contribution in [2.24, 2.45) is 0 Å². The Kier molecular flexibility index (Phi) is 5.48. The minimum absolute atomic E-state index is 0.0114. The normalized spacial score (nSPS) is 14.5. The highest BCUT2D eigenvalue weighted by molar-refractivity contribution is 9.10. The monoisotopic (exact) mass is 404 g/mol. The fraction of sp³-hybridized carbons (Fsp3) is 0.316. The highest BCUT2D eigenvalue weighted by atomic mass is 79.9. The van der Waals surface area contributed by atoms with Crippen molar-refractivity contribution in [2.75, 3.05) is 37.7 Å². The van der Waals surface area contributed by atoms with Crippen molar-refractivity contribution in [3.63, 3.8) is 0 Å². The maximum absolute atomic E-state index is 12.7. The van der Waals surface area contributed by atoms with Gasteiger partial charge in [0, 0.05) is 30.7 Å². The molecule has 132 valence electrons. The zero-order valence-electron chi connectivity index (χ0n) is 14.1. The summed E-state index contributed by atoms with van der Waals surface area (Å²) in [5.41, 5.74) is 1.39. The molecule has 1 fully saturated rings. The molecule has 5 nitrogen and oxygen atoms in total. The molecule has 1 heterocycles. The summed E-state index contributed by atoms with van der Waals surface area (Å²) in [6, 6.07) is 12.9. The lowest BCUT2D eigenvalue weighted by Gasteiger charge is -2.36. The number of hydrogen-bond donors (Lipinski definition) is 1. The molecule has 2 aromatic carbocycles. The second-order valence-electron chi connectivity index (χ2n) is 5.84. The van der Waals surface area contributed by atoms with Crippen LogP contribution < -0.4 is 9.64 Å². The highest BCUT2D eigenvalue weighted by Crippen LogP contribution is 2.29. The van der Waals surface area contributed by atoms with Gasteiger partial charge in [-0.25, -0.2) is 0 Å². The molecule has 2 aromatic rings. The summed E-state index contributed by atoms with van der Waals surface area (Å²) in [5.74, 6) is 0.739. The van der Waals surface area contributed by atoms with Gasteiger partial charge >= 0.3 is 0 Å². The topological polar surface area (TPSA) is 53.0 Å². The number of para-hydroxylation sites is 2. The van der Waals surface area contributed by atoms with Gasteiger partial charge in [0.05, 0.1) is 17.9 Å². The summed E-state index contributed by atoms with van der Waals surface area (Å²) in [6.07, 6.45) is 0. The first-order valence-corrected chi connectivity index (χ1v) is 9.14. The van der Waals surface area contributed by atoms with Gasteiger partial charge in [-0.2, -0.15) is 0 Å². The van der Waals surface area contributed by atoms with E-state index < -0.39 is 0 Å². The van der Waals surface area contributed by atoms with Crippen LogP contribution in [0.1, 0.15) is 17.3 Å². The van der Waals surface area contributed by atoms with Gasteiger partial charge in [0.2, 0.25) is 0 Å². The number of carbonyl (C=O) groups excluding carboxylic acids is 1. The van der Waals surface area contributed by atoms with Gasteiger partial charge in [0.15, 0.2) is 0 Å². The van der Waals surface area contributed by atoms with Crippen molar-refractivity contribution in [3.8, 4) is 11.5 Å². The first-order chi connectivity index (χ1) is 12.1. The van der Waals surface area contributed by atoms with E-state index in [4.69, 9.17) is 4.74 Å². The van der Waals surface area contributed by atoms with Gasteiger partial charge < -0.3 is 19.6 Å². The van der Waals surface area contributed by atoms with Gasteiger partial charge in [-0.05, 0) is 37.3 Å². The number of piperazine rings is 1. The zero-order valence-corrected chi connectivity index (χ0v) is 15.7. The predicted octanol–water partition coefficient (Wildman–Crippen LogP) is 3.52. The number of phenols is 1. The molecule has 0 aliphatic carbocycles. The fourth-order valence-electron chi connectivity index (χ4n) is 3.00. The molecule has 1 N–H and O–H groups in total. The van der Waals surface area contributed by atoms with E-state index in [1.807, 2.05) is 31.2 Å². The molecule has 0 spiro atoms. The molecule has 0 aromatic heterocycles. The quantitative estimate of drug-likeness (QED) is 0.846. The van der Waals surface area contributed by atoms with Crippen LogP contribution in [0, 0.1) is 0 Å². The summed E-state index contributed by atoms with van der Waals surface area (Å²) in [5, 5.41) is 9.97. The van der Waals surface area contributed by atoms with Crippen LogP contribution in [0.25, 0.3) is 0 Å². The Morgan fingerprint density at radius 2 is 1.88 bits per heavy atom. The van der Waals surface area contributed by atoms with E-state index in [2.05, 4.69) is 20.8 Å². The van der Waals surface area contributed by atoms with Crippen LogP contribution in [0.5, 0.6) is 11.5 Å². The highest BCUT2D eigenvalue weighted by Gasteiger charge is 2.25. The number of amides is 1. The maximum atomic E-state index is 12.7. The lowest BCUT2D eigenvalue weighted by Crippen LogP contribution is -2.48. The van der Waals surface area contributed by atoms with Gasteiger partial charge in [-0.1, -0.05) is 28.1 Å². The molecule has 1 saturated heterocycles. The Morgan fingerprint density at radius 3 is 2.60 bits per heavy atom. The minimum Gasteiger partial charge on any atom is -0.507 e. The van der Waals surface area contributed by atoms with E-state index in [9.17, 15) is 9.90 Å². The second kappa shape index (κ2) is 7.78. The number of nitrogens with zero attached hydrogens (tertiary/aromatic N) is 2. The molecule has 0 atom stereocenters. The molecular weight excluding hydrogens is 384 g/mol. The van der Waals surface area contributed by atoms with Gasteiger partial charge in [0.25, 0.3) is 5.91 Å². The van der Waals surface area contributed by atoms with E-state index in [1.165, 1.54) is 6.07 Å². The van der Waals surface area contributed by atoms with Crippen LogP contribution in [0.3, 0.4) is 0 Å². The molecular formula is C19H21BrN2O3. The first kappa shape index (κ1) is 17.6. The number of aromatic hydroxyl groups is 1. The average Bonchev–Trinajstić information content (AvgIpc) is 2.64. The van der Waals surface area contributed by atoms with Crippen molar-refractivity contribution in [1.29, 1.82) is 0 Å². The molecule has 1 aliphatic rings. The van der Waals surface area contributed by atoms with Gasteiger partial charge in [-0.3, -0.25) is 4.79 Å². The standard InChI is InChI=1S/C19H21BrN2O3/c1-2-25-18-6-4-3-5-16(18)21-9-11-22(12-10-21)19(24)15-13-14(20)7-8-17(15)23/h3-8,13,23H,2,9-12H2,1H3. The summed E-state index contributed by atoms with van der Waals surface area (Å²) in [6.45, 7) is 5.25. The van der Waals surface area contributed by atoms with Crippen LogP contribution >= 0.6 is 15.9 Å². The Hall–Kier alpha value is -2.21. The summed E-state index contributed by atoms with van der Waals surface area (Å²) in [4.78, 5) is 16.7. The predicted molar refractivity (Wildman–Crippen MR) is 102 cm³/mol. The van der Waals surface area contributed by atoms with Gasteiger partial charge in [-0.15, -0.1) is 0 Å². The van der Waals surface area contributed by atoms with Crippen LogP contribution in [0.15, 0.2) is 46.9 Å². The van der Waals surface area contributed by atoms with Crippen molar-refractivity contribution in [3.05, 3.63) is 52.5 Å². The molecule has 1 aliphatic heterocycles. The SMILES string of the molecule is CCOc1ccccc1N1CCN(C(=O)c2cc(Br)ccc2O)CC1. The number of rotatable bonds is 4. The van der Waals surface area contributed by atoms with Crippen molar-refractivity contribution < 1.29 is 14.6 Å². The van der Waals surface area contributed by atoms with Gasteiger partial charge in [0.1, 0.15) is 11.5 Å². The van der Waals surface area contributed by atoms with Crippen molar-refractivity contribution in [1.82, 2.24) is 4.90 Å². The summed E-state index contributed by atoms with van der Waals surface area (Å²) >= 11 is 3.35. The maximum Gasteiger partial charge on any atom is 0.257 e. The second-order valence-corrected chi connectivity index (χ2v) is 6.76. The smallest absolute Gasteiger partial charge is 0.257 e. The lowest BCUT2D eigenvalue weighted by molar-refractivity contribution is 0.0743. The van der Waals surface area contributed by atoms with Crippen LogP contribution in [-0.2, 0) is 0 Å². The number of halogens is 1. The molecule has 3 rings (SSSR count). The Bertz CT molecular complexity index is 758. The van der Waals surface area contributed by atoms with Crippen molar-refractivity contribution in [2.45, 2.75) is 6.92 Å². The Balaban J connectivity index is 1.70.